The highest BCUT2D eigenvalue weighted by Gasteiger charge is 2.36. The highest BCUT2D eigenvalue weighted by atomic mass is 16.5. The van der Waals surface area contributed by atoms with Gasteiger partial charge in [0.05, 0.1) is 12.2 Å². The summed E-state index contributed by atoms with van der Waals surface area (Å²) in [6.45, 7) is 2.73. The van der Waals surface area contributed by atoms with Crippen LogP contribution in [0.25, 0.3) is 0 Å². The van der Waals surface area contributed by atoms with E-state index in [4.69, 9.17) is 4.74 Å². The van der Waals surface area contributed by atoms with Gasteiger partial charge < -0.3 is 14.9 Å². The Morgan fingerprint density at radius 1 is 1.31 bits per heavy atom. The van der Waals surface area contributed by atoms with Crippen LogP contribution in [0, 0.1) is 0 Å². The van der Waals surface area contributed by atoms with Crippen molar-refractivity contribution in [3.8, 4) is 0 Å². The average Bonchev–Trinajstić information content (AvgIpc) is 2.15. The van der Waals surface area contributed by atoms with E-state index < -0.39 is 11.7 Å². The second kappa shape index (κ2) is 4.94. The fourth-order valence-electron chi connectivity index (χ4n) is 1.88. The number of rotatable bonds is 4. The summed E-state index contributed by atoms with van der Waals surface area (Å²) in [6, 6.07) is 0. The van der Waals surface area contributed by atoms with Crippen molar-refractivity contribution in [2.24, 2.45) is 0 Å². The van der Waals surface area contributed by atoms with Gasteiger partial charge in [-0.1, -0.05) is 19.3 Å². The molecule has 0 spiro atoms. The number of hydrogen-bond donors (Lipinski definition) is 2. The monoisotopic (exact) mass is 188 g/mol. The lowest BCUT2D eigenvalue weighted by atomic mass is 9.81. The quantitative estimate of drug-likeness (QED) is 0.694. The van der Waals surface area contributed by atoms with Gasteiger partial charge in [-0.05, 0) is 19.8 Å². The summed E-state index contributed by atoms with van der Waals surface area (Å²) >= 11 is 0. The van der Waals surface area contributed by atoms with E-state index in [1.54, 1.807) is 0 Å². The zero-order valence-electron chi connectivity index (χ0n) is 8.33. The van der Waals surface area contributed by atoms with Crippen molar-refractivity contribution in [3.05, 3.63) is 0 Å². The second-order valence-electron chi connectivity index (χ2n) is 3.84. The second-order valence-corrected chi connectivity index (χ2v) is 3.84. The molecule has 0 amide bonds. The molecule has 0 aromatic heterocycles. The van der Waals surface area contributed by atoms with E-state index >= 15 is 0 Å². The van der Waals surface area contributed by atoms with Gasteiger partial charge in [0.25, 0.3) is 0 Å². The molecule has 1 rings (SSSR count). The summed E-state index contributed by atoms with van der Waals surface area (Å²) in [5.74, 6) is 0. The van der Waals surface area contributed by atoms with E-state index in [-0.39, 0.29) is 6.61 Å². The summed E-state index contributed by atoms with van der Waals surface area (Å²) in [5.41, 5.74) is -0.882. The smallest absolute Gasteiger partial charge is 0.106 e. The lowest BCUT2D eigenvalue weighted by molar-refractivity contribution is -0.122. The van der Waals surface area contributed by atoms with Gasteiger partial charge in [-0.3, -0.25) is 0 Å². The number of ether oxygens (including phenoxy) is 1. The van der Waals surface area contributed by atoms with Crippen LogP contribution in [0.5, 0.6) is 0 Å². The first-order valence-corrected chi connectivity index (χ1v) is 5.17. The topological polar surface area (TPSA) is 49.7 Å². The molecule has 1 fully saturated rings. The predicted octanol–water partition coefficient (Wildman–Crippen LogP) is 1.08. The normalized spacial score (nSPS) is 24.2. The molecule has 0 bridgehead atoms. The molecule has 1 saturated carbocycles. The summed E-state index contributed by atoms with van der Waals surface area (Å²) in [6.07, 6.45) is 3.90. The maximum Gasteiger partial charge on any atom is 0.106 e. The van der Waals surface area contributed by atoms with Crippen LogP contribution in [0.1, 0.15) is 39.0 Å². The molecule has 0 heterocycles. The predicted molar refractivity (Wildman–Crippen MR) is 50.5 cm³/mol. The Labute approximate surface area is 79.7 Å². The van der Waals surface area contributed by atoms with E-state index in [1.807, 2.05) is 6.92 Å². The molecule has 1 atom stereocenters. The molecule has 0 radical (unpaired) electrons. The van der Waals surface area contributed by atoms with Crippen molar-refractivity contribution in [1.82, 2.24) is 0 Å². The fraction of sp³-hybridized carbons (Fsp3) is 1.00. The van der Waals surface area contributed by atoms with Gasteiger partial charge in [0.1, 0.15) is 6.10 Å². The minimum absolute atomic E-state index is 0.257. The lowest BCUT2D eigenvalue weighted by Gasteiger charge is -2.36. The first-order valence-electron chi connectivity index (χ1n) is 5.17. The van der Waals surface area contributed by atoms with Gasteiger partial charge in [-0.2, -0.15) is 0 Å². The maximum atomic E-state index is 10.0. The first-order chi connectivity index (χ1) is 6.19. The third-order valence-electron chi connectivity index (χ3n) is 2.82. The van der Waals surface area contributed by atoms with Gasteiger partial charge in [-0.15, -0.1) is 0 Å². The molecular formula is C10H20O3. The SMILES string of the molecule is CCOCC(O)C1(O)CCCCC1. The van der Waals surface area contributed by atoms with Crippen molar-refractivity contribution in [1.29, 1.82) is 0 Å². The Kier molecular flexibility index (Phi) is 4.16. The highest BCUT2D eigenvalue weighted by Crippen LogP contribution is 2.30. The molecule has 2 N–H and O–H groups in total. The molecular weight excluding hydrogens is 168 g/mol. The molecule has 1 aliphatic rings. The van der Waals surface area contributed by atoms with Crippen LogP contribution in [0.2, 0.25) is 0 Å². The first kappa shape index (κ1) is 11.0. The zero-order chi connectivity index (χ0) is 9.73. The summed E-state index contributed by atoms with van der Waals surface area (Å²) in [7, 11) is 0. The standard InChI is InChI=1S/C10H20O3/c1-2-13-8-9(11)10(12)6-4-3-5-7-10/h9,11-12H,2-8H2,1H3. The molecule has 1 aliphatic carbocycles. The summed E-state index contributed by atoms with van der Waals surface area (Å²) in [4.78, 5) is 0. The van der Waals surface area contributed by atoms with E-state index in [1.165, 1.54) is 6.42 Å². The van der Waals surface area contributed by atoms with Crippen LogP contribution >= 0.6 is 0 Å². The largest absolute Gasteiger partial charge is 0.388 e. The van der Waals surface area contributed by atoms with Gasteiger partial charge in [0.2, 0.25) is 0 Å². The van der Waals surface area contributed by atoms with Crippen molar-refractivity contribution < 1.29 is 14.9 Å². The van der Waals surface area contributed by atoms with Gasteiger partial charge in [0.15, 0.2) is 0 Å². The van der Waals surface area contributed by atoms with Crippen LogP contribution in [-0.4, -0.2) is 35.1 Å². The lowest BCUT2D eigenvalue weighted by Crippen LogP contribution is -2.46. The van der Waals surface area contributed by atoms with E-state index in [0.29, 0.717) is 19.4 Å². The average molecular weight is 188 g/mol. The third kappa shape index (κ3) is 2.93. The fourth-order valence-corrected chi connectivity index (χ4v) is 1.88. The molecule has 0 saturated heterocycles. The third-order valence-corrected chi connectivity index (χ3v) is 2.82. The molecule has 1 unspecified atom stereocenters. The minimum Gasteiger partial charge on any atom is -0.388 e. The maximum absolute atomic E-state index is 10.0. The summed E-state index contributed by atoms with van der Waals surface area (Å²) in [5, 5.41) is 19.7. The summed E-state index contributed by atoms with van der Waals surface area (Å²) < 4.78 is 5.10. The Hall–Kier alpha value is -0.120. The van der Waals surface area contributed by atoms with Gasteiger partial charge in [0, 0.05) is 6.61 Å². The zero-order valence-corrected chi connectivity index (χ0v) is 8.33. The number of aliphatic hydroxyl groups excluding tert-OH is 1. The Balaban J connectivity index is 2.37. The van der Waals surface area contributed by atoms with Crippen LogP contribution < -0.4 is 0 Å². The van der Waals surface area contributed by atoms with Crippen LogP contribution in [0.4, 0.5) is 0 Å². The molecule has 3 nitrogen and oxygen atoms in total. The minimum atomic E-state index is -0.882. The van der Waals surface area contributed by atoms with Crippen molar-refractivity contribution in [3.63, 3.8) is 0 Å². The van der Waals surface area contributed by atoms with Crippen LogP contribution in [0.15, 0.2) is 0 Å². The number of hydrogen-bond acceptors (Lipinski definition) is 3. The Morgan fingerprint density at radius 3 is 2.46 bits per heavy atom. The molecule has 0 aromatic rings. The van der Waals surface area contributed by atoms with Gasteiger partial charge >= 0.3 is 0 Å². The molecule has 0 aromatic carbocycles. The van der Waals surface area contributed by atoms with Crippen LogP contribution in [-0.2, 0) is 4.74 Å². The van der Waals surface area contributed by atoms with E-state index in [0.717, 1.165) is 12.8 Å². The Morgan fingerprint density at radius 2 is 1.92 bits per heavy atom. The van der Waals surface area contributed by atoms with Crippen molar-refractivity contribution in [2.45, 2.75) is 50.7 Å². The molecule has 13 heavy (non-hydrogen) atoms. The highest BCUT2D eigenvalue weighted by molar-refractivity contribution is 4.88. The molecule has 0 aliphatic heterocycles. The van der Waals surface area contributed by atoms with E-state index in [9.17, 15) is 10.2 Å². The van der Waals surface area contributed by atoms with Crippen molar-refractivity contribution in [2.75, 3.05) is 13.2 Å². The van der Waals surface area contributed by atoms with E-state index in [2.05, 4.69) is 0 Å². The Bertz CT molecular complexity index is 141. The molecule has 78 valence electrons. The number of aliphatic hydroxyl groups is 2. The van der Waals surface area contributed by atoms with Crippen molar-refractivity contribution >= 4 is 0 Å². The molecule has 3 heteroatoms. The van der Waals surface area contributed by atoms with Gasteiger partial charge in [-0.25, -0.2) is 0 Å². The van der Waals surface area contributed by atoms with Crippen LogP contribution in [0.3, 0.4) is 0 Å².